The molecule has 2 atom stereocenters. The van der Waals surface area contributed by atoms with Crippen molar-refractivity contribution in [2.45, 2.75) is 63.5 Å². The first-order valence-corrected chi connectivity index (χ1v) is 9.61. The first-order valence-electron chi connectivity index (χ1n) is 8.46. The van der Waals surface area contributed by atoms with Gasteiger partial charge in [0.05, 0.1) is 11.6 Å². The molecule has 1 aromatic carbocycles. The molecule has 1 aromatic rings. The number of carbonyl (C=O) groups excluding carboxylic acids is 1. The van der Waals surface area contributed by atoms with E-state index in [-0.39, 0.29) is 12.6 Å². The number of hydrogen-bond acceptors (Lipinski definition) is 4. The van der Waals surface area contributed by atoms with Crippen LogP contribution in [0.1, 0.15) is 46.1 Å². The third kappa shape index (κ3) is 5.49. The fourth-order valence-corrected chi connectivity index (χ4v) is 3.55. The van der Waals surface area contributed by atoms with Crippen LogP contribution in [0.25, 0.3) is 0 Å². The van der Waals surface area contributed by atoms with Gasteiger partial charge in [-0.15, -0.1) is 4.72 Å². The van der Waals surface area contributed by atoms with E-state index in [2.05, 4.69) is 16.6 Å². The van der Waals surface area contributed by atoms with E-state index in [4.69, 9.17) is 4.74 Å². The van der Waals surface area contributed by atoms with Gasteiger partial charge in [-0.3, -0.25) is 0 Å². The number of alkyl carbamates (subject to hydrolysis) is 1. The number of hydrogen-bond donors (Lipinski definition) is 2. The molecular formula is C19H28N2O3S. The average molecular weight is 365 g/mol. The van der Waals surface area contributed by atoms with Crippen molar-refractivity contribution >= 4 is 17.5 Å². The fourth-order valence-electron chi connectivity index (χ4n) is 2.55. The van der Waals surface area contributed by atoms with E-state index in [0.29, 0.717) is 0 Å². The molecule has 1 aliphatic carbocycles. The molecule has 0 spiro atoms. The molecule has 1 aliphatic rings. The smallest absolute Gasteiger partial charge is 0.407 e. The van der Waals surface area contributed by atoms with Gasteiger partial charge in [0, 0.05) is 11.4 Å². The summed E-state index contributed by atoms with van der Waals surface area (Å²) in [5.74, 6) is 0. The van der Waals surface area contributed by atoms with Gasteiger partial charge in [-0.1, -0.05) is 42.5 Å². The SMILES string of the molecule is C=C(C)[C@H](N[S@+]([O-])C(C)(C)C)C1(NC(=O)OCc2ccccc2)CC1. The Balaban J connectivity index is 1.96. The van der Waals surface area contributed by atoms with Crippen LogP contribution in [-0.2, 0) is 22.7 Å². The molecular weight excluding hydrogens is 336 g/mol. The number of amides is 1. The maximum absolute atomic E-state index is 12.5. The van der Waals surface area contributed by atoms with Gasteiger partial charge >= 0.3 is 6.09 Å². The van der Waals surface area contributed by atoms with Crippen LogP contribution in [0.15, 0.2) is 42.5 Å². The molecule has 5 nitrogen and oxygen atoms in total. The van der Waals surface area contributed by atoms with E-state index in [1.807, 2.05) is 58.0 Å². The highest BCUT2D eigenvalue weighted by Crippen LogP contribution is 2.41. The molecule has 138 valence electrons. The van der Waals surface area contributed by atoms with Gasteiger partial charge in [0.25, 0.3) is 0 Å². The second kappa shape index (κ2) is 7.81. The van der Waals surface area contributed by atoms with E-state index in [1.165, 1.54) is 0 Å². The van der Waals surface area contributed by atoms with Crippen LogP contribution in [0.3, 0.4) is 0 Å². The van der Waals surface area contributed by atoms with Crippen LogP contribution in [0, 0.1) is 0 Å². The van der Waals surface area contributed by atoms with Gasteiger partial charge < -0.3 is 14.6 Å². The zero-order valence-corrected chi connectivity index (χ0v) is 16.2. The van der Waals surface area contributed by atoms with Crippen molar-refractivity contribution in [1.29, 1.82) is 0 Å². The number of ether oxygens (including phenoxy) is 1. The zero-order chi connectivity index (χ0) is 18.7. The van der Waals surface area contributed by atoms with Crippen LogP contribution in [0.2, 0.25) is 0 Å². The minimum absolute atomic E-state index is 0.224. The Hall–Kier alpha value is -1.50. The Morgan fingerprint density at radius 3 is 2.44 bits per heavy atom. The average Bonchev–Trinajstić information content (AvgIpc) is 3.30. The van der Waals surface area contributed by atoms with Crippen molar-refractivity contribution in [3.05, 3.63) is 48.0 Å². The molecule has 1 amide bonds. The lowest BCUT2D eigenvalue weighted by Crippen LogP contribution is -2.56. The summed E-state index contributed by atoms with van der Waals surface area (Å²) < 4.78 is 20.5. The van der Waals surface area contributed by atoms with E-state index >= 15 is 0 Å². The van der Waals surface area contributed by atoms with E-state index in [9.17, 15) is 9.35 Å². The zero-order valence-electron chi connectivity index (χ0n) is 15.4. The number of carbonyl (C=O) groups is 1. The van der Waals surface area contributed by atoms with E-state index in [1.54, 1.807) is 0 Å². The molecule has 0 saturated heterocycles. The first kappa shape index (κ1) is 19.8. The molecule has 0 heterocycles. The molecule has 1 saturated carbocycles. The molecule has 0 radical (unpaired) electrons. The minimum Gasteiger partial charge on any atom is -0.598 e. The van der Waals surface area contributed by atoms with Crippen molar-refractivity contribution in [3.63, 3.8) is 0 Å². The Morgan fingerprint density at radius 2 is 1.96 bits per heavy atom. The van der Waals surface area contributed by atoms with Crippen molar-refractivity contribution in [1.82, 2.24) is 10.0 Å². The van der Waals surface area contributed by atoms with Crippen LogP contribution in [-0.4, -0.2) is 27.0 Å². The molecule has 0 unspecified atom stereocenters. The highest BCUT2D eigenvalue weighted by molar-refractivity contribution is 7.90. The second-order valence-electron chi connectivity index (χ2n) is 7.62. The van der Waals surface area contributed by atoms with Crippen LogP contribution in [0.5, 0.6) is 0 Å². The van der Waals surface area contributed by atoms with E-state index < -0.39 is 27.7 Å². The highest BCUT2D eigenvalue weighted by atomic mass is 32.2. The lowest BCUT2D eigenvalue weighted by molar-refractivity contribution is 0.132. The monoisotopic (exact) mass is 364 g/mol. The molecule has 0 aliphatic heterocycles. The predicted octanol–water partition coefficient (Wildman–Crippen LogP) is 3.44. The van der Waals surface area contributed by atoms with Gasteiger partial charge in [-0.2, -0.15) is 0 Å². The van der Waals surface area contributed by atoms with Gasteiger partial charge in [0.2, 0.25) is 0 Å². The minimum atomic E-state index is -1.25. The topological polar surface area (TPSA) is 73.4 Å². The molecule has 0 aromatic heterocycles. The van der Waals surface area contributed by atoms with Gasteiger partial charge in [0.15, 0.2) is 0 Å². The predicted molar refractivity (Wildman–Crippen MR) is 101 cm³/mol. The van der Waals surface area contributed by atoms with Gasteiger partial charge in [-0.05, 0) is 46.1 Å². The van der Waals surface area contributed by atoms with Crippen molar-refractivity contribution < 1.29 is 14.1 Å². The summed E-state index contributed by atoms with van der Waals surface area (Å²) in [7, 11) is 0. The van der Waals surface area contributed by atoms with Gasteiger partial charge in [0.1, 0.15) is 11.4 Å². The lowest BCUT2D eigenvalue weighted by Gasteiger charge is -2.33. The number of benzene rings is 1. The first-order chi connectivity index (χ1) is 11.6. The summed E-state index contributed by atoms with van der Waals surface area (Å²) in [5, 5.41) is 2.96. The summed E-state index contributed by atoms with van der Waals surface area (Å²) in [4.78, 5) is 12.2. The Bertz CT molecular complexity index is 609. The molecule has 1 fully saturated rings. The number of nitrogens with one attached hydrogen (secondary N) is 2. The molecule has 25 heavy (non-hydrogen) atoms. The summed E-state index contributed by atoms with van der Waals surface area (Å²) in [6.45, 7) is 11.8. The molecule has 6 heteroatoms. The highest BCUT2D eigenvalue weighted by Gasteiger charge is 2.53. The molecule has 0 bridgehead atoms. The van der Waals surface area contributed by atoms with Crippen molar-refractivity contribution in [2.75, 3.05) is 0 Å². The quantitative estimate of drug-likeness (QED) is 0.574. The van der Waals surface area contributed by atoms with Gasteiger partial charge in [-0.25, -0.2) is 4.79 Å². The Labute approximate surface area is 153 Å². The Kier molecular flexibility index (Phi) is 6.19. The summed E-state index contributed by atoms with van der Waals surface area (Å²) in [6, 6.07) is 9.29. The largest absolute Gasteiger partial charge is 0.598 e. The Morgan fingerprint density at radius 1 is 1.36 bits per heavy atom. The maximum atomic E-state index is 12.5. The molecule has 2 N–H and O–H groups in total. The van der Waals surface area contributed by atoms with Crippen molar-refractivity contribution in [2.24, 2.45) is 0 Å². The molecule has 2 rings (SSSR count). The lowest BCUT2D eigenvalue weighted by atomic mass is 10.0. The van der Waals surface area contributed by atoms with Crippen LogP contribution < -0.4 is 10.0 Å². The van der Waals surface area contributed by atoms with E-state index in [0.717, 1.165) is 24.0 Å². The van der Waals surface area contributed by atoms with Crippen LogP contribution in [0.4, 0.5) is 4.79 Å². The summed E-state index contributed by atoms with van der Waals surface area (Å²) in [6.07, 6.45) is 1.15. The third-order valence-electron chi connectivity index (χ3n) is 4.18. The summed E-state index contributed by atoms with van der Waals surface area (Å²) in [5.41, 5.74) is 1.31. The standard InChI is InChI=1S/C19H28N2O3S/c1-14(2)16(21-25(23)18(3,4)5)19(11-12-19)20-17(22)24-13-15-9-7-6-8-10-15/h6-10,16,21H,1,11-13H2,2-5H3,(H,20,22)/t16-,25+/m0/s1. The maximum Gasteiger partial charge on any atom is 0.407 e. The normalized spacial score (nSPS) is 18.1. The fraction of sp³-hybridized carbons (Fsp3) is 0.526. The number of rotatable bonds is 7. The van der Waals surface area contributed by atoms with Crippen LogP contribution >= 0.6 is 0 Å². The van der Waals surface area contributed by atoms with Crippen molar-refractivity contribution in [3.8, 4) is 0 Å². The second-order valence-corrected chi connectivity index (χ2v) is 9.62. The summed E-state index contributed by atoms with van der Waals surface area (Å²) >= 11 is -1.25. The third-order valence-corrected chi connectivity index (χ3v) is 5.74.